The van der Waals surface area contributed by atoms with Crippen LogP contribution in [-0.2, 0) is 4.74 Å². The van der Waals surface area contributed by atoms with Crippen molar-refractivity contribution in [2.24, 2.45) is 17.1 Å². The molecule has 0 rings (SSSR count). The molecule has 1 unspecified atom stereocenters. The minimum Gasteiger partial charge on any atom is -0.378 e. The predicted molar refractivity (Wildman–Crippen MR) is 57.7 cm³/mol. The fourth-order valence-corrected chi connectivity index (χ4v) is 1.21. The maximum absolute atomic E-state index is 5.74. The van der Waals surface area contributed by atoms with E-state index in [9.17, 15) is 0 Å². The van der Waals surface area contributed by atoms with Gasteiger partial charge in [-0.25, -0.2) is 0 Å². The number of hydrogen-bond donors (Lipinski definition) is 1. The molecule has 0 aromatic rings. The summed E-state index contributed by atoms with van der Waals surface area (Å²) in [6.45, 7) is 12.3. The SMILES string of the molecule is CCC(C)(C)C(CN)COC(C)C. The zero-order valence-electron chi connectivity index (χ0n) is 9.76. The van der Waals surface area contributed by atoms with Crippen LogP contribution in [0.25, 0.3) is 0 Å². The lowest BCUT2D eigenvalue weighted by Crippen LogP contribution is -2.34. The minimum atomic E-state index is 0.295. The summed E-state index contributed by atoms with van der Waals surface area (Å²) in [6.07, 6.45) is 1.46. The Morgan fingerprint density at radius 3 is 2.15 bits per heavy atom. The molecule has 0 bridgehead atoms. The summed E-state index contributed by atoms with van der Waals surface area (Å²) < 4.78 is 5.60. The van der Waals surface area contributed by atoms with Gasteiger partial charge in [0.25, 0.3) is 0 Å². The lowest BCUT2D eigenvalue weighted by Gasteiger charge is -2.32. The monoisotopic (exact) mass is 187 g/mol. The van der Waals surface area contributed by atoms with E-state index in [1.54, 1.807) is 0 Å². The van der Waals surface area contributed by atoms with Gasteiger partial charge < -0.3 is 10.5 Å². The molecular formula is C11H25NO. The highest BCUT2D eigenvalue weighted by Crippen LogP contribution is 2.30. The second-order valence-electron chi connectivity index (χ2n) is 4.66. The molecule has 0 aliphatic carbocycles. The Labute approximate surface area is 82.8 Å². The molecule has 0 aromatic carbocycles. The maximum atomic E-state index is 5.74. The first-order valence-corrected chi connectivity index (χ1v) is 5.25. The highest BCUT2D eigenvalue weighted by atomic mass is 16.5. The van der Waals surface area contributed by atoms with Crippen LogP contribution in [-0.4, -0.2) is 19.3 Å². The third-order valence-electron chi connectivity index (χ3n) is 2.93. The summed E-state index contributed by atoms with van der Waals surface area (Å²) in [5.74, 6) is 0.472. The van der Waals surface area contributed by atoms with Crippen LogP contribution in [0.2, 0.25) is 0 Å². The molecule has 80 valence electrons. The normalized spacial score (nSPS) is 15.0. The Balaban J connectivity index is 4.02. The van der Waals surface area contributed by atoms with Crippen molar-refractivity contribution in [2.45, 2.75) is 47.1 Å². The molecule has 13 heavy (non-hydrogen) atoms. The van der Waals surface area contributed by atoms with Gasteiger partial charge in [-0.2, -0.15) is 0 Å². The topological polar surface area (TPSA) is 35.2 Å². The van der Waals surface area contributed by atoms with Crippen LogP contribution in [0, 0.1) is 11.3 Å². The Kier molecular flexibility index (Phi) is 5.57. The first kappa shape index (κ1) is 12.9. The Morgan fingerprint density at radius 1 is 1.31 bits per heavy atom. The largest absolute Gasteiger partial charge is 0.378 e. The minimum absolute atomic E-state index is 0.295. The molecule has 0 fully saturated rings. The van der Waals surface area contributed by atoms with Crippen LogP contribution in [0.4, 0.5) is 0 Å². The van der Waals surface area contributed by atoms with E-state index >= 15 is 0 Å². The van der Waals surface area contributed by atoms with Crippen LogP contribution in [0.15, 0.2) is 0 Å². The van der Waals surface area contributed by atoms with Gasteiger partial charge in [0.15, 0.2) is 0 Å². The zero-order valence-corrected chi connectivity index (χ0v) is 9.76. The van der Waals surface area contributed by atoms with E-state index in [0.29, 0.717) is 24.0 Å². The Bertz CT molecular complexity index is 132. The molecule has 0 spiro atoms. The predicted octanol–water partition coefficient (Wildman–Crippen LogP) is 2.42. The van der Waals surface area contributed by atoms with E-state index in [1.807, 2.05) is 0 Å². The molecule has 0 aliphatic rings. The van der Waals surface area contributed by atoms with Crippen molar-refractivity contribution in [1.82, 2.24) is 0 Å². The van der Waals surface area contributed by atoms with Crippen LogP contribution < -0.4 is 5.73 Å². The van der Waals surface area contributed by atoms with Crippen LogP contribution >= 0.6 is 0 Å². The quantitative estimate of drug-likeness (QED) is 0.693. The smallest absolute Gasteiger partial charge is 0.0519 e. The van der Waals surface area contributed by atoms with Crippen molar-refractivity contribution in [3.05, 3.63) is 0 Å². The number of hydrogen-bond acceptors (Lipinski definition) is 2. The van der Waals surface area contributed by atoms with E-state index in [0.717, 1.165) is 13.0 Å². The van der Waals surface area contributed by atoms with Crippen molar-refractivity contribution in [1.29, 1.82) is 0 Å². The van der Waals surface area contributed by atoms with Crippen LogP contribution in [0.3, 0.4) is 0 Å². The molecule has 0 amide bonds. The molecule has 0 heterocycles. The van der Waals surface area contributed by atoms with Crippen molar-refractivity contribution in [3.63, 3.8) is 0 Å². The van der Waals surface area contributed by atoms with Crippen molar-refractivity contribution < 1.29 is 4.74 Å². The molecule has 0 aromatic heterocycles. The summed E-state index contributed by atoms with van der Waals surface area (Å²) in [5.41, 5.74) is 6.04. The summed E-state index contributed by atoms with van der Waals surface area (Å²) in [5, 5.41) is 0. The van der Waals surface area contributed by atoms with E-state index in [2.05, 4.69) is 34.6 Å². The molecular weight excluding hydrogens is 162 g/mol. The van der Waals surface area contributed by atoms with Gasteiger partial charge in [-0.3, -0.25) is 0 Å². The second kappa shape index (κ2) is 5.61. The van der Waals surface area contributed by atoms with Gasteiger partial charge in [0.2, 0.25) is 0 Å². The molecule has 0 saturated heterocycles. The lowest BCUT2D eigenvalue weighted by molar-refractivity contribution is 0.0164. The van der Waals surface area contributed by atoms with Gasteiger partial charge in [-0.1, -0.05) is 27.2 Å². The molecule has 2 heteroatoms. The van der Waals surface area contributed by atoms with E-state index in [4.69, 9.17) is 10.5 Å². The summed E-state index contributed by atoms with van der Waals surface area (Å²) in [7, 11) is 0. The second-order valence-corrected chi connectivity index (χ2v) is 4.66. The lowest BCUT2D eigenvalue weighted by atomic mass is 9.77. The van der Waals surface area contributed by atoms with Crippen LogP contribution in [0.5, 0.6) is 0 Å². The Morgan fingerprint density at radius 2 is 1.85 bits per heavy atom. The summed E-state index contributed by atoms with van der Waals surface area (Å²) in [4.78, 5) is 0. The highest BCUT2D eigenvalue weighted by Gasteiger charge is 2.26. The standard InChI is InChI=1S/C11H25NO/c1-6-11(4,5)10(7-12)8-13-9(2)3/h9-10H,6-8,12H2,1-5H3. The number of ether oxygens (including phenoxy) is 1. The molecule has 2 N–H and O–H groups in total. The zero-order chi connectivity index (χ0) is 10.5. The average molecular weight is 187 g/mol. The molecule has 1 atom stereocenters. The molecule has 0 radical (unpaired) electrons. The highest BCUT2D eigenvalue weighted by molar-refractivity contribution is 4.77. The number of rotatable bonds is 6. The summed E-state index contributed by atoms with van der Waals surface area (Å²) in [6, 6.07) is 0. The fourth-order valence-electron chi connectivity index (χ4n) is 1.21. The van der Waals surface area contributed by atoms with Gasteiger partial charge in [-0.15, -0.1) is 0 Å². The maximum Gasteiger partial charge on any atom is 0.0519 e. The molecule has 0 aliphatic heterocycles. The average Bonchev–Trinajstić information content (AvgIpc) is 2.04. The summed E-state index contributed by atoms with van der Waals surface area (Å²) >= 11 is 0. The molecule has 0 saturated carbocycles. The van der Waals surface area contributed by atoms with E-state index in [1.165, 1.54) is 0 Å². The van der Waals surface area contributed by atoms with Gasteiger partial charge in [-0.05, 0) is 31.7 Å². The first-order chi connectivity index (χ1) is 5.94. The molecule has 2 nitrogen and oxygen atoms in total. The van der Waals surface area contributed by atoms with E-state index < -0.39 is 0 Å². The van der Waals surface area contributed by atoms with Crippen LogP contribution in [0.1, 0.15) is 41.0 Å². The van der Waals surface area contributed by atoms with Gasteiger partial charge in [0.05, 0.1) is 12.7 Å². The van der Waals surface area contributed by atoms with E-state index in [-0.39, 0.29) is 0 Å². The van der Waals surface area contributed by atoms with Gasteiger partial charge in [0, 0.05) is 0 Å². The fraction of sp³-hybridized carbons (Fsp3) is 1.00. The third kappa shape index (κ3) is 4.63. The number of nitrogens with two attached hydrogens (primary N) is 1. The van der Waals surface area contributed by atoms with Crippen molar-refractivity contribution >= 4 is 0 Å². The Hall–Kier alpha value is -0.0800. The first-order valence-electron chi connectivity index (χ1n) is 5.25. The van der Waals surface area contributed by atoms with Gasteiger partial charge in [0.1, 0.15) is 0 Å². The van der Waals surface area contributed by atoms with Crippen molar-refractivity contribution in [3.8, 4) is 0 Å². The van der Waals surface area contributed by atoms with Gasteiger partial charge >= 0.3 is 0 Å². The third-order valence-corrected chi connectivity index (χ3v) is 2.93. The van der Waals surface area contributed by atoms with Crippen molar-refractivity contribution in [2.75, 3.05) is 13.2 Å².